The van der Waals surface area contributed by atoms with Gasteiger partial charge in [-0.25, -0.2) is 0 Å². The maximum Gasteiger partial charge on any atom is 0.290 e. The molecule has 106 valence electrons. The molecular weight excluding hydrogens is 318 g/mol. The molecule has 2 rings (SSSR count). The lowest BCUT2D eigenvalue weighted by atomic mass is 10.1. The van der Waals surface area contributed by atoms with Crippen molar-refractivity contribution in [2.75, 3.05) is 0 Å². The van der Waals surface area contributed by atoms with Gasteiger partial charge >= 0.3 is 0 Å². The predicted octanol–water partition coefficient (Wildman–Crippen LogP) is 4.00. The summed E-state index contributed by atoms with van der Waals surface area (Å²) in [6.45, 7) is 2.83. The van der Waals surface area contributed by atoms with E-state index >= 15 is 0 Å². The Hall–Kier alpha value is -1.65. The molecule has 0 aliphatic rings. The van der Waals surface area contributed by atoms with Crippen molar-refractivity contribution >= 4 is 22.4 Å². The zero-order valence-electron chi connectivity index (χ0n) is 11.3. The lowest BCUT2D eigenvalue weighted by molar-refractivity contribution is -0.122. The van der Waals surface area contributed by atoms with Gasteiger partial charge in [0.25, 0.3) is 6.47 Å². The summed E-state index contributed by atoms with van der Waals surface area (Å²) in [6, 6.07) is 19.1. The molecule has 3 nitrogen and oxygen atoms in total. The number of rotatable bonds is 4. The third-order valence-corrected chi connectivity index (χ3v) is 3.55. The maximum atomic E-state index is 8.36. The molecule has 0 aromatic heterocycles. The molecular formula is C16H18BrNO2. The highest BCUT2D eigenvalue weighted by Gasteiger charge is 2.07. The normalized spacial score (nSPS) is 11.1. The average molecular weight is 336 g/mol. The van der Waals surface area contributed by atoms with Crippen LogP contribution in [0.5, 0.6) is 0 Å². The summed E-state index contributed by atoms with van der Waals surface area (Å²) in [5, 5.41) is 10.4. The minimum absolute atomic E-state index is 0.250. The highest BCUT2D eigenvalue weighted by molar-refractivity contribution is 9.10. The first-order valence-corrected chi connectivity index (χ1v) is 7.08. The Balaban J connectivity index is 0.000000612. The lowest BCUT2D eigenvalue weighted by Crippen LogP contribution is -2.18. The molecule has 0 bridgehead atoms. The summed E-state index contributed by atoms with van der Waals surface area (Å²) in [5.74, 6) is 0. The van der Waals surface area contributed by atoms with Gasteiger partial charge in [-0.3, -0.25) is 4.79 Å². The summed E-state index contributed by atoms with van der Waals surface area (Å²) < 4.78 is 1.16. The molecule has 0 heterocycles. The van der Waals surface area contributed by atoms with E-state index in [1.807, 2.05) is 12.1 Å². The molecule has 0 saturated heterocycles. The summed E-state index contributed by atoms with van der Waals surface area (Å²) in [7, 11) is 0. The van der Waals surface area contributed by atoms with Crippen LogP contribution in [0.3, 0.4) is 0 Å². The van der Waals surface area contributed by atoms with Crippen LogP contribution < -0.4 is 5.32 Å². The van der Waals surface area contributed by atoms with Crippen molar-refractivity contribution < 1.29 is 9.90 Å². The van der Waals surface area contributed by atoms with Gasteiger partial charge in [-0.2, -0.15) is 0 Å². The van der Waals surface area contributed by atoms with Gasteiger partial charge in [-0.1, -0.05) is 64.5 Å². The summed E-state index contributed by atoms with van der Waals surface area (Å²) in [4.78, 5) is 8.36. The van der Waals surface area contributed by atoms with Gasteiger partial charge in [-0.15, -0.1) is 0 Å². The molecule has 0 fully saturated rings. The van der Waals surface area contributed by atoms with Crippen molar-refractivity contribution in [2.45, 2.75) is 19.5 Å². The third-order valence-electron chi connectivity index (χ3n) is 2.83. The highest BCUT2D eigenvalue weighted by Crippen LogP contribution is 2.22. The fourth-order valence-corrected chi connectivity index (χ4v) is 2.43. The predicted molar refractivity (Wildman–Crippen MR) is 84.5 cm³/mol. The first-order valence-electron chi connectivity index (χ1n) is 6.28. The van der Waals surface area contributed by atoms with Crippen molar-refractivity contribution in [3.63, 3.8) is 0 Å². The van der Waals surface area contributed by atoms with E-state index in [4.69, 9.17) is 9.90 Å². The second-order valence-electron chi connectivity index (χ2n) is 4.22. The summed E-state index contributed by atoms with van der Waals surface area (Å²) in [5.41, 5.74) is 2.61. The van der Waals surface area contributed by atoms with Crippen LogP contribution in [0, 0.1) is 0 Å². The number of carboxylic acid groups (broad SMARTS) is 1. The van der Waals surface area contributed by atoms with Crippen LogP contribution in [0.15, 0.2) is 59.1 Å². The number of nitrogens with one attached hydrogen (secondary N) is 1. The van der Waals surface area contributed by atoms with Gasteiger partial charge in [0.1, 0.15) is 0 Å². The maximum absolute atomic E-state index is 8.36. The standard InChI is InChI=1S/C15H16BrN.CH2O2/c1-12(14-9-5-6-10-15(14)16)17-11-13-7-3-2-4-8-13;2-1-3/h2-10,12,17H,11H2,1H3;1H,(H,2,3). The molecule has 1 unspecified atom stereocenters. The smallest absolute Gasteiger partial charge is 0.290 e. The molecule has 0 aliphatic carbocycles. The van der Waals surface area contributed by atoms with Crippen LogP contribution >= 0.6 is 15.9 Å². The van der Waals surface area contributed by atoms with Gasteiger partial charge < -0.3 is 10.4 Å². The van der Waals surface area contributed by atoms with Gasteiger partial charge in [0.15, 0.2) is 0 Å². The molecule has 2 N–H and O–H groups in total. The molecule has 0 spiro atoms. The van der Waals surface area contributed by atoms with E-state index < -0.39 is 0 Å². The van der Waals surface area contributed by atoms with E-state index in [-0.39, 0.29) is 6.47 Å². The van der Waals surface area contributed by atoms with E-state index in [1.54, 1.807) is 0 Å². The largest absolute Gasteiger partial charge is 0.483 e. The fraction of sp³-hybridized carbons (Fsp3) is 0.188. The molecule has 0 aliphatic heterocycles. The van der Waals surface area contributed by atoms with E-state index in [2.05, 4.69) is 70.6 Å². The Labute approximate surface area is 127 Å². The molecule has 0 saturated carbocycles. The Kier molecular flexibility index (Phi) is 7.62. The van der Waals surface area contributed by atoms with Crippen LogP contribution in [-0.4, -0.2) is 11.6 Å². The minimum atomic E-state index is -0.250. The Bertz CT molecular complexity index is 517. The van der Waals surface area contributed by atoms with E-state index in [9.17, 15) is 0 Å². The average Bonchev–Trinajstić information content (AvgIpc) is 2.47. The van der Waals surface area contributed by atoms with E-state index in [1.165, 1.54) is 11.1 Å². The number of carbonyl (C=O) groups is 1. The SMILES string of the molecule is CC(NCc1ccccc1)c1ccccc1Br.O=CO. The zero-order chi connectivity index (χ0) is 14.8. The minimum Gasteiger partial charge on any atom is -0.483 e. The van der Waals surface area contributed by atoms with Gasteiger partial charge in [0.05, 0.1) is 0 Å². The lowest BCUT2D eigenvalue weighted by Gasteiger charge is -2.15. The molecule has 2 aromatic rings. The molecule has 20 heavy (non-hydrogen) atoms. The van der Waals surface area contributed by atoms with Crippen molar-refractivity contribution in [3.8, 4) is 0 Å². The molecule has 0 amide bonds. The van der Waals surface area contributed by atoms with Gasteiger partial charge in [-0.05, 0) is 24.1 Å². The second-order valence-corrected chi connectivity index (χ2v) is 5.07. The Morgan fingerprint density at radius 2 is 1.70 bits per heavy atom. The number of halogens is 1. The molecule has 0 radical (unpaired) electrons. The van der Waals surface area contributed by atoms with Crippen molar-refractivity contribution in [1.29, 1.82) is 0 Å². The zero-order valence-corrected chi connectivity index (χ0v) is 12.9. The monoisotopic (exact) mass is 335 g/mol. The first-order chi connectivity index (χ1) is 9.69. The number of benzene rings is 2. The van der Waals surface area contributed by atoms with Crippen molar-refractivity contribution in [1.82, 2.24) is 5.32 Å². The van der Waals surface area contributed by atoms with Crippen molar-refractivity contribution in [3.05, 3.63) is 70.2 Å². The van der Waals surface area contributed by atoms with Crippen LogP contribution in [0.25, 0.3) is 0 Å². The van der Waals surface area contributed by atoms with E-state index in [0.717, 1.165) is 11.0 Å². The van der Waals surface area contributed by atoms with Crippen molar-refractivity contribution in [2.24, 2.45) is 0 Å². The van der Waals surface area contributed by atoms with Crippen LogP contribution in [-0.2, 0) is 11.3 Å². The Morgan fingerprint density at radius 3 is 2.30 bits per heavy atom. The Morgan fingerprint density at radius 1 is 1.15 bits per heavy atom. The second kappa shape index (κ2) is 9.28. The quantitative estimate of drug-likeness (QED) is 0.830. The molecule has 4 heteroatoms. The summed E-state index contributed by atoms with van der Waals surface area (Å²) >= 11 is 3.58. The van der Waals surface area contributed by atoms with Gasteiger partial charge in [0, 0.05) is 17.1 Å². The summed E-state index contributed by atoms with van der Waals surface area (Å²) in [6.07, 6.45) is 0. The van der Waals surface area contributed by atoms with Crippen LogP contribution in [0.4, 0.5) is 0 Å². The molecule has 1 atom stereocenters. The first kappa shape index (κ1) is 16.4. The topological polar surface area (TPSA) is 49.3 Å². The van der Waals surface area contributed by atoms with E-state index in [0.29, 0.717) is 6.04 Å². The number of hydrogen-bond donors (Lipinski definition) is 2. The highest BCUT2D eigenvalue weighted by atomic mass is 79.9. The van der Waals surface area contributed by atoms with Gasteiger partial charge in [0.2, 0.25) is 0 Å². The number of hydrogen-bond acceptors (Lipinski definition) is 2. The molecule has 2 aromatic carbocycles. The van der Waals surface area contributed by atoms with Crippen LogP contribution in [0.1, 0.15) is 24.1 Å². The fourth-order valence-electron chi connectivity index (χ4n) is 1.80. The van der Waals surface area contributed by atoms with Crippen LogP contribution in [0.2, 0.25) is 0 Å². The third kappa shape index (κ3) is 5.55.